The van der Waals surface area contributed by atoms with Gasteiger partial charge in [-0.1, -0.05) is 12.8 Å². The number of hydrogen-bond acceptors (Lipinski definition) is 2. The Labute approximate surface area is 77.8 Å². The van der Waals surface area contributed by atoms with Crippen LogP contribution in [-0.4, -0.2) is 15.3 Å². The number of Topliss-reactive ketones (excluding diaryl/α,β-unsaturated/α-hetero) is 1. The lowest BCUT2D eigenvalue weighted by Gasteiger charge is -2.03. The molecule has 1 aromatic heterocycles. The third-order valence-electron chi connectivity index (χ3n) is 2.68. The standard InChI is InChI=1S/C10H14N2O/c1-12-6-9(11-7-12)10(13)8-4-2-3-5-8/h6-8H,2-5H2,1H3. The number of aryl methyl sites for hydroxylation is 1. The number of rotatable bonds is 2. The number of hydrogen-bond donors (Lipinski definition) is 0. The number of aromatic nitrogens is 2. The van der Waals surface area contributed by atoms with E-state index in [0.29, 0.717) is 5.69 Å². The van der Waals surface area contributed by atoms with Crippen LogP contribution in [0.4, 0.5) is 0 Å². The largest absolute Gasteiger partial charge is 0.340 e. The first-order chi connectivity index (χ1) is 6.27. The summed E-state index contributed by atoms with van der Waals surface area (Å²) < 4.78 is 1.82. The average Bonchev–Trinajstić information content (AvgIpc) is 2.72. The van der Waals surface area contributed by atoms with Crippen LogP contribution in [0.2, 0.25) is 0 Å². The number of nitrogens with zero attached hydrogens (tertiary/aromatic N) is 2. The molecule has 3 heteroatoms. The van der Waals surface area contributed by atoms with Gasteiger partial charge in [0.2, 0.25) is 0 Å². The zero-order valence-electron chi connectivity index (χ0n) is 7.86. The van der Waals surface area contributed by atoms with E-state index in [1.54, 1.807) is 12.5 Å². The van der Waals surface area contributed by atoms with Crippen molar-refractivity contribution in [3.63, 3.8) is 0 Å². The summed E-state index contributed by atoms with van der Waals surface area (Å²) in [7, 11) is 1.89. The van der Waals surface area contributed by atoms with Crippen molar-refractivity contribution in [3.8, 4) is 0 Å². The lowest BCUT2D eigenvalue weighted by Crippen LogP contribution is -2.11. The van der Waals surface area contributed by atoms with E-state index >= 15 is 0 Å². The summed E-state index contributed by atoms with van der Waals surface area (Å²) in [6.07, 6.45) is 7.99. The Morgan fingerprint density at radius 2 is 2.23 bits per heavy atom. The minimum atomic E-state index is 0.234. The Hall–Kier alpha value is -1.12. The monoisotopic (exact) mass is 178 g/mol. The summed E-state index contributed by atoms with van der Waals surface area (Å²) >= 11 is 0. The molecule has 0 amide bonds. The second kappa shape index (κ2) is 3.32. The highest BCUT2D eigenvalue weighted by Crippen LogP contribution is 2.27. The van der Waals surface area contributed by atoms with E-state index in [2.05, 4.69) is 4.98 Å². The second-order valence-corrected chi connectivity index (χ2v) is 3.77. The zero-order valence-corrected chi connectivity index (χ0v) is 7.86. The molecule has 1 fully saturated rings. The minimum Gasteiger partial charge on any atom is -0.340 e. The van der Waals surface area contributed by atoms with Crippen molar-refractivity contribution in [2.75, 3.05) is 0 Å². The van der Waals surface area contributed by atoms with Crippen LogP contribution in [0.5, 0.6) is 0 Å². The van der Waals surface area contributed by atoms with E-state index in [1.807, 2.05) is 11.6 Å². The van der Waals surface area contributed by atoms with Gasteiger partial charge < -0.3 is 4.57 Å². The van der Waals surface area contributed by atoms with Crippen LogP contribution in [-0.2, 0) is 7.05 Å². The van der Waals surface area contributed by atoms with Gasteiger partial charge in [0.05, 0.1) is 6.33 Å². The number of carbonyl (C=O) groups excluding carboxylic acids is 1. The molecule has 1 saturated carbocycles. The highest BCUT2D eigenvalue weighted by atomic mass is 16.1. The van der Waals surface area contributed by atoms with Gasteiger partial charge in [-0.2, -0.15) is 0 Å². The molecule has 1 aliphatic carbocycles. The summed E-state index contributed by atoms with van der Waals surface area (Å²) in [4.78, 5) is 15.9. The molecule has 0 saturated heterocycles. The third-order valence-corrected chi connectivity index (χ3v) is 2.68. The Morgan fingerprint density at radius 1 is 1.54 bits per heavy atom. The number of carbonyl (C=O) groups is 1. The molecular weight excluding hydrogens is 164 g/mol. The van der Waals surface area contributed by atoms with E-state index in [1.165, 1.54) is 12.8 Å². The molecule has 2 rings (SSSR count). The first kappa shape index (κ1) is 8.48. The maximum absolute atomic E-state index is 11.8. The van der Waals surface area contributed by atoms with E-state index in [-0.39, 0.29) is 11.7 Å². The van der Waals surface area contributed by atoms with Crippen LogP contribution >= 0.6 is 0 Å². The summed E-state index contributed by atoms with van der Waals surface area (Å²) in [6.45, 7) is 0. The van der Waals surface area contributed by atoms with E-state index in [9.17, 15) is 4.79 Å². The van der Waals surface area contributed by atoms with Gasteiger partial charge in [-0.05, 0) is 12.8 Å². The first-order valence-corrected chi connectivity index (χ1v) is 4.79. The highest BCUT2D eigenvalue weighted by molar-refractivity contribution is 5.96. The fourth-order valence-corrected chi connectivity index (χ4v) is 1.94. The van der Waals surface area contributed by atoms with Gasteiger partial charge in [-0.25, -0.2) is 4.98 Å². The van der Waals surface area contributed by atoms with Crippen LogP contribution in [0.3, 0.4) is 0 Å². The van der Waals surface area contributed by atoms with Crippen LogP contribution in [0.1, 0.15) is 36.2 Å². The third kappa shape index (κ3) is 1.64. The maximum atomic E-state index is 11.8. The van der Waals surface area contributed by atoms with E-state index < -0.39 is 0 Å². The van der Waals surface area contributed by atoms with Crippen LogP contribution in [0, 0.1) is 5.92 Å². The maximum Gasteiger partial charge on any atom is 0.185 e. The van der Waals surface area contributed by atoms with Crippen molar-refractivity contribution in [2.24, 2.45) is 13.0 Å². The minimum absolute atomic E-state index is 0.234. The van der Waals surface area contributed by atoms with Gasteiger partial charge in [0.15, 0.2) is 5.78 Å². The predicted octanol–water partition coefficient (Wildman–Crippen LogP) is 1.79. The molecule has 13 heavy (non-hydrogen) atoms. The first-order valence-electron chi connectivity index (χ1n) is 4.79. The number of imidazole rings is 1. The summed E-state index contributed by atoms with van der Waals surface area (Å²) in [5, 5.41) is 0. The average molecular weight is 178 g/mol. The van der Waals surface area contributed by atoms with Crippen molar-refractivity contribution in [1.29, 1.82) is 0 Å². The van der Waals surface area contributed by atoms with Crippen LogP contribution < -0.4 is 0 Å². The molecule has 0 unspecified atom stereocenters. The fraction of sp³-hybridized carbons (Fsp3) is 0.600. The van der Waals surface area contributed by atoms with Gasteiger partial charge in [-0.15, -0.1) is 0 Å². The van der Waals surface area contributed by atoms with Crippen LogP contribution in [0.25, 0.3) is 0 Å². The van der Waals surface area contributed by atoms with Gasteiger partial charge in [-0.3, -0.25) is 4.79 Å². The molecule has 1 heterocycles. The summed E-state index contributed by atoms with van der Waals surface area (Å²) in [5.74, 6) is 0.480. The number of ketones is 1. The van der Waals surface area contributed by atoms with Crippen molar-refractivity contribution < 1.29 is 4.79 Å². The topological polar surface area (TPSA) is 34.9 Å². The Balaban J connectivity index is 2.12. The summed E-state index contributed by atoms with van der Waals surface area (Å²) in [5.41, 5.74) is 0.634. The molecule has 0 N–H and O–H groups in total. The van der Waals surface area contributed by atoms with E-state index in [0.717, 1.165) is 12.8 Å². The second-order valence-electron chi connectivity index (χ2n) is 3.77. The van der Waals surface area contributed by atoms with Gasteiger partial charge in [0.25, 0.3) is 0 Å². The van der Waals surface area contributed by atoms with Crippen molar-refractivity contribution in [3.05, 3.63) is 18.2 Å². The molecule has 0 spiro atoms. The van der Waals surface area contributed by atoms with Crippen molar-refractivity contribution in [2.45, 2.75) is 25.7 Å². The fourth-order valence-electron chi connectivity index (χ4n) is 1.94. The highest BCUT2D eigenvalue weighted by Gasteiger charge is 2.24. The quantitative estimate of drug-likeness (QED) is 0.647. The van der Waals surface area contributed by atoms with Gasteiger partial charge in [0.1, 0.15) is 5.69 Å². The van der Waals surface area contributed by atoms with Gasteiger partial charge >= 0.3 is 0 Å². The van der Waals surface area contributed by atoms with Gasteiger partial charge in [0, 0.05) is 19.2 Å². The molecule has 0 aromatic carbocycles. The van der Waals surface area contributed by atoms with Crippen molar-refractivity contribution in [1.82, 2.24) is 9.55 Å². The predicted molar refractivity (Wildman–Crippen MR) is 49.5 cm³/mol. The van der Waals surface area contributed by atoms with Crippen molar-refractivity contribution >= 4 is 5.78 Å². The van der Waals surface area contributed by atoms with E-state index in [4.69, 9.17) is 0 Å². The Kier molecular flexibility index (Phi) is 2.17. The molecule has 70 valence electrons. The molecule has 1 aliphatic rings. The molecule has 3 nitrogen and oxygen atoms in total. The molecule has 0 atom stereocenters. The Bertz CT molecular complexity index is 310. The molecule has 1 aromatic rings. The smallest absolute Gasteiger partial charge is 0.185 e. The normalized spacial score (nSPS) is 17.9. The molecule has 0 aliphatic heterocycles. The zero-order chi connectivity index (χ0) is 9.26. The van der Waals surface area contributed by atoms with Crippen LogP contribution in [0.15, 0.2) is 12.5 Å². The lowest BCUT2D eigenvalue weighted by molar-refractivity contribution is 0.0918. The molecule has 0 bridgehead atoms. The molecular formula is C10H14N2O. The Morgan fingerprint density at radius 3 is 2.77 bits per heavy atom. The molecule has 0 radical (unpaired) electrons. The lowest BCUT2D eigenvalue weighted by atomic mass is 10.0. The SMILES string of the molecule is Cn1cnc(C(=O)C2CCCC2)c1. The summed E-state index contributed by atoms with van der Waals surface area (Å²) in [6, 6.07) is 0.